The Hall–Kier alpha value is -2.89. The molecule has 27 heavy (non-hydrogen) atoms. The van der Waals surface area contributed by atoms with Crippen LogP contribution in [0.1, 0.15) is 30.5 Å². The zero-order chi connectivity index (χ0) is 20.5. The van der Waals surface area contributed by atoms with E-state index in [1.54, 1.807) is 0 Å². The molecule has 0 aromatic heterocycles. The van der Waals surface area contributed by atoms with Gasteiger partial charge in [0.25, 0.3) is 5.78 Å². The molecule has 0 radical (unpaired) electrons. The number of ketones is 1. The fourth-order valence-electron chi connectivity index (χ4n) is 3.52. The lowest BCUT2D eigenvalue weighted by molar-refractivity contribution is -0.118. The molecule has 0 fully saturated rings. The summed E-state index contributed by atoms with van der Waals surface area (Å²) < 4.78 is 21.4. The van der Waals surface area contributed by atoms with E-state index in [1.165, 1.54) is 28.4 Å². The Balaban J connectivity index is 2.86. The van der Waals surface area contributed by atoms with Gasteiger partial charge in [0.1, 0.15) is 0 Å². The molecule has 1 aromatic carbocycles. The minimum atomic E-state index is -0.276. The first kappa shape index (κ1) is 20.4. The van der Waals surface area contributed by atoms with Gasteiger partial charge in [-0.15, -0.1) is 0 Å². The van der Waals surface area contributed by atoms with Crippen molar-refractivity contribution in [3.63, 3.8) is 0 Å². The molecule has 2 rings (SSSR count). The van der Waals surface area contributed by atoms with Crippen LogP contribution < -0.4 is 9.47 Å². The Kier molecular flexibility index (Phi) is 5.88. The van der Waals surface area contributed by atoms with Gasteiger partial charge in [-0.05, 0) is 44.9 Å². The van der Waals surface area contributed by atoms with Crippen LogP contribution in [0.4, 0.5) is 0 Å². The third-order valence-electron chi connectivity index (χ3n) is 4.93. The molecule has 1 aliphatic rings. The minimum absolute atomic E-state index is 0.0364. The molecule has 0 heterocycles. The highest BCUT2D eigenvalue weighted by Crippen LogP contribution is 2.45. The van der Waals surface area contributed by atoms with Crippen LogP contribution in [-0.2, 0) is 14.3 Å². The third kappa shape index (κ3) is 3.16. The molecule has 1 aromatic rings. The summed E-state index contributed by atoms with van der Waals surface area (Å²) in [6, 6.07) is 0. The average Bonchev–Trinajstić information content (AvgIpc) is 2.62. The van der Waals surface area contributed by atoms with Gasteiger partial charge >= 0.3 is 0 Å². The van der Waals surface area contributed by atoms with Crippen LogP contribution in [-0.4, -0.2) is 39.3 Å². The van der Waals surface area contributed by atoms with Crippen molar-refractivity contribution < 1.29 is 28.8 Å². The SMILES string of the molecule is COC1=C(C)C(=Cc2c(C)c(OC)c(O)c(OC)c2C)C(C)=C(OC)C1=O. The summed E-state index contributed by atoms with van der Waals surface area (Å²) in [6.45, 7) is 7.38. The number of phenols is 1. The molecule has 6 nitrogen and oxygen atoms in total. The van der Waals surface area contributed by atoms with Crippen molar-refractivity contribution in [1.82, 2.24) is 0 Å². The highest BCUT2D eigenvalue weighted by atomic mass is 16.5. The van der Waals surface area contributed by atoms with Crippen LogP contribution in [0, 0.1) is 13.8 Å². The van der Waals surface area contributed by atoms with Gasteiger partial charge in [0.15, 0.2) is 23.0 Å². The molecule has 0 unspecified atom stereocenters. The molecule has 1 aliphatic carbocycles. The maximum Gasteiger partial charge on any atom is 0.262 e. The Bertz CT molecular complexity index is 823. The Labute approximate surface area is 159 Å². The van der Waals surface area contributed by atoms with Crippen molar-refractivity contribution in [2.24, 2.45) is 0 Å². The monoisotopic (exact) mass is 374 g/mol. The lowest BCUT2D eigenvalue weighted by Crippen LogP contribution is -2.19. The summed E-state index contributed by atoms with van der Waals surface area (Å²) in [6.07, 6.45) is 1.93. The Morgan fingerprint density at radius 1 is 0.741 bits per heavy atom. The molecule has 1 N–H and O–H groups in total. The first-order valence-corrected chi connectivity index (χ1v) is 8.45. The second-order valence-electron chi connectivity index (χ2n) is 6.28. The van der Waals surface area contributed by atoms with Crippen LogP contribution in [0.25, 0.3) is 6.08 Å². The van der Waals surface area contributed by atoms with Gasteiger partial charge in [-0.3, -0.25) is 4.79 Å². The summed E-state index contributed by atoms with van der Waals surface area (Å²) in [5.41, 5.74) is 4.59. The van der Waals surface area contributed by atoms with Crippen LogP contribution in [0.5, 0.6) is 17.2 Å². The van der Waals surface area contributed by atoms with Gasteiger partial charge in [-0.1, -0.05) is 0 Å². The van der Waals surface area contributed by atoms with Crippen molar-refractivity contribution in [3.05, 3.63) is 44.9 Å². The maximum atomic E-state index is 12.5. The van der Waals surface area contributed by atoms with E-state index in [0.717, 1.165) is 22.3 Å². The smallest absolute Gasteiger partial charge is 0.262 e. The fraction of sp³-hybridized carbons (Fsp3) is 0.381. The molecule has 0 atom stereocenters. The van der Waals surface area contributed by atoms with Gasteiger partial charge in [-0.25, -0.2) is 0 Å². The highest BCUT2D eigenvalue weighted by Gasteiger charge is 2.30. The van der Waals surface area contributed by atoms with Crippen molar-refractivity contribution >= 4 is 11.9 Å². The van der Waals surface area contributed by atoms with Crippen LogP contribution in [0.3, 0.4) is 0 Å². The summed E-state index contributed by atoms with van der Waals surface area (Å²) in [5, 5.41) is 10.4. The number of carbonyl (C=O) groups excluding carboxylic acids is 1. The number of ether oxygens (including phenoxy) is 4. The zero-order valence-electron chi connectivity index (χ0n) is 17.1. The van der Waals surface area contributed by atoms with Crippen LogP contribution in [0.2, 0.25) is 0 Å². The van der Waals surface area contributed by atoms with Gasteiger partial charge in [0.2, 0.25) is 5.75 Å². The lowest BCUT2D eigenvalue weighted by atomic mass is 9.87. The van der Waals surface area contributed by atoms with E-state index in [2.05, 4.69) is 0 Å². The second-order valence-corrected chi connectivity index (χ2v) is 6.28. The highest BCUT2D eigenvalue weighted by molar-refractivity contribution is 6.09. The van der Waals surface area contributed by atoms with Crippen molar-refractivity contribution in [2.75, 3.05) is 28.4 Å². The number of methoxy groups -OCH3 is 4. The molecule has 0 bridgehead atoms. The predicted molar refractivity (Wildman–Crippen MR) is 103 cm³/mol. The molecule has 6 heteroatoms. The molecular formula is C21H26O6. The lowest BCUT2D eigenvalue weighted by Gasteiger charge is -2.23. The zero-order valence-corrected chi connectivity index (χ0v) is 17.1. The number of aromatic hydroxyl groups is 1. The van der Waals surface area contributed by atoms with E-state index in [-0.39, 0.29) is 23.1 Å². The van der Waals surface area contributed by atoms with E-state index >= 15 is 0 Å². The van der Waals surface area contributed by atoms with Crippen molar-refractivity contribution in [2.45, 2.75) is 27.7 Å². The first-order chi connectivity index (χ1) is 12.7. The summed E-state index contributed by atoms with van der Waals surface area (Å²) >= 11 is 0. The van der Waals surface area contributed by atoms with Gasteiger partial charge in [0.05, 0.1) is 28.4 Å². The Morgan fingerprint density at radius 3 is 1.48 bits per heavy atom. The standard InChI is InChI=1S/C21H26O6/c1-10-14(11(2)19(25-6)16(22)18(10)24-5)9-15-12(3)20(26-7)17(23)21(27-8)13(15)4/h9,22H,1-8H3. The molecule has 0 spiro atoms. The van der Waals surface area contributed by atoms with Gasteiger partial charge in [0, 0.05) is 22.3 Å². The van der Waals surface area contributed by atoms with E-state index in [4.69, 9.17) is 18.9 Å². The quantitative estimate of drug-likeness (QED) is 0.844. The largest absolute Gasteiger partial charge is 0.502 e. The maximum absolute atomic E-state index is 12.5. The Morgan fingerprint density at radius 2 is 1.15 bits per heavy atom. The summed E-state index contributed by atoms with van der Waals surface area (Å²) in [5.74, 6) is 0.873. The second kappa shape index (κ2) is 7.78. The van der Waals surface area contributed by atoms with E-state index in [9.17, 15) is 9.90 Å². The molecule has 146 valence electrons. The molecule has 0 saturated carbocycles. The molecule has 0 aliphatic heterocycles. The molecule has 0 amide bonds. The van der Waals surface area contributed by atoms with Crippen molar-refractivity contribution in [3.8, 4) is 17.2 Å². The number of benzene rings is 1. The number of hydrogen-bond acceptors (Lipinski definition) is 6. The van der Waals surface area contributed by atoms with E-state index in [1.807, 2.05) is 33.8 Å². The number of rotatable bonds is 5. The number of allylic oxidation sites excluding steroid dienone is 3. The van der Waals surface area contributed by atoms with Gasteiger partial charge in [-0.2, -0.15) is 0 Å². The third-order valence-corrected chi connectivity index (χ3v) is 4.93. The van der Waals surface area contributed by atoms with Crippen molar-refractivity contribution in [1.29, 1.82) is 0 Å². The fourth-order valence-corrected chi connectivity index (χ4v) is 3.52. The van der Waals surface area contributed by atoms with E-state index < -0.39 is 0 Å². The van der Waals surface area contributed by atoms with Crippen LogP contribution >= 0.6 is 0 Å². The molecule has 0 saturated heterocycles. The van der Waals surface area contributed by atoms with Gasteiger partial charge < -0.3 is 24.1 Å². The normalized spacial score (nSPS) is 14.5. The number of phenolic OH excluding ortho intramolecular Hbond substituents is 1. The molecular weight excluding hydrogens is 348 g/mol. The van der Waals surface area contributed by atoms with E-state index in [0.29, 0.717) is 22.6 Å². The van der Waals surface area contributed by atoms with Crippen LogP contribution in [0.15, 0.2) is 28.2 Å². The average molecular weight is 374 g/mol. The summed E-state index contributed by atoms with van der Waals surface area (Å²) in [7, 11) is 5.92. The first-order valence-electron chi connectivity index (χ1n) is 8.45. The summed E-state index contributed by atoms with van der Waals surface area (Å²) in [4.78, 5) is 12.5. The predicted octanol–water partition coefficient (Wildman–Crippen LogP) is 3.83. The number of Topliss-reactive ketones (excluding diaryl/α,β-unsaturated/α-hetero) is 1. The number of hydrogen-bond donors (Lipinski definition) is 1. The number of carbonyl (C=O) groups is 1. The topological polar surface area (TPSA) is 74.2 Å². The minimum Gasteiger partial charge on any atom is -0.502 e.